The second-order valence-corrected chi connectivity index (χ2v) is 8.46. The van der Waals surface area contributed by atoms with Crippen molar-refractivity contribution in [1.82, 2.24) is 24.9 Å². The molecule has 8 nitrogen and oxygen atoms in total. The van der Waals surface area contributed by atoms with Crippen LogP contribution in [0, 0.1) is 0 Å². The molecule has 1 spiro atoms. The van der Waals surface area contributed by atoms with Gasteiger partial charge in [0.25, 0.3) is 5.91 Å². The number of piperidine rings is 1. The van der Waals surface area contributed by atoms with Gasteiger partial charge in [0.1, 0.15) is 11.3 Å². The number of aromatic nitrogens is 2. The first-order chi connectivity index (χ1) is 14.4. The van der Waals surface area contributed by atoms with Gasteiger partial charge in [0.2, 0.25) is 0 Å². The molecule has 3 amide bonds. The molecule has 30 heavy (non-hydrogen) atoms. The van der Waals surface area contributed by atoms with Crippen molar-refractivity contribution in [2.45, 2.75) is 51.4 Å². The highest BCUT2D eigenvalue weighted by atomic mass is 16.5. The van der Waals surface area contributed by atoms with E-state index in [1.54, 1.807) is 13.2 Å². The number of benzene rings is 1. The van der Waals surface area contributed by atoms with Gasteiger partial charge in [-0.15, -0.1) is 0 Å². The van der Waals surface area contributed by atoms with Crippen LogP contribution >= 0.6 is 0 Å². The van der Waals surface area contributed by atoms with Gasteiger partial charge in [-0.25, -0.2) is 4.79 Å². The summed E-state index contributed by atoms with van der Waals surface area (Å²) < 4.78 is 7.89. The number of carbonyl (C=O) groups excluding carboxylic acids is 2. The van der Waals surface area contributed by atoms with E-state index in [4.69, 9.17) is 4.74 Å². The Kier molecular flexibility index (Phi) is 5.51. The molecule has 1 aromatic heterocycles. The number of rotatable bonds is 6. The molecule has 160 valence electrons. The zero-order valence-corrected chi connectivity index (χ0v) is 17.8. The lowest BCUT2D eigenvalue weighted by atomic mass is 9.87. The van der Waals surface area contributed by atoms with Crippen LogP contribution in [-0.4, -0.2) is 63.3 Å². The van der Waals surface area contributed by atoms with Gasteiger partial charge in [-0.3, -0.25) is 19.3 Å². The number of carbonyl (C=O) groups is 2. The smallest absolute Gasteiger partial charge is 0.324 e. The minimum Gasteiger partial charge on any atom is -0.491 e. The third-order valence-electron chi connectivity index (χ3n) is 5.86. The predicted molar refractivity (Wildman–Crippen MR) is 112 cm³/mol. The Morgan fingerprint density at radius 2 is 1.97 bits per heavy atom. The molecule has 2 fully saturated rings. The van der Waals surface area contributed by atoms with Crippen LogP contribution in [0.15, 0.2) is 36.7 Å². The molecular weight excluding hydrogens is 382 g/mol. The highest BCUT2D eigenvalue weighted by Gasteiger charge is 2.50. The minimum absolute atomic E-state index is 0.0998. The summed E-state index contributed by atoms with van der Waals surface area (Å²) in [7, 11) is 1.54. The molecule has 2 aliphatic rings. The SMILES string of the molecule is CC(C)Oc1ccc(CN2CCC3(CC2)NC(=O)N(C)C3=O)cc1Cn1cccn1. The second-order valence-electron chi connectivity index (χ2n) is 8.46. The van der Waals surface area contributed by atoms with E-state index in [1.807, 2.05) is 36.9 Å². The van der Waals surface area contributed by atoms with Crippen molar-refractivity contribution in [3.8, 4) is 5.75 Å². The summed E-state index contributed by atoms with van der Waals surface area (Å²) in [6.45, 7) is 7.02. The van der Waals surface area contributed by atoms with Gasteiger partial charge in [-0.1, -0.05) is 6.07 Å². The van der Waals surface area contributed by atoms with Crippen LogP contribution in [0.4, 0.5) is 4.79 Å². The number of ether oxygens (including phenoxy) is 1. The number of urea groups is 1. The molecule has 2 aromatic rings. The maximum absolute atomic E-state index is 12.5. The molecular formula is C22H29N5O3. The van der Waals surface area contributed by atoms with E-state index in [-0.39, 0.29) is 18.0 Å². The average molecular weight is 412 g/mol. The summed E-state index contributed by atoms with van der Waals surface area (Å²) >= 11 is 0. The van der Waals surface area contributed by atoms with Gasteiger partial charge in [0, 0.05) is 44.6 Å². The van der Waals surface area contributed by atoms with Crippen molar-refractivity contribution in [2.75, 3.05) is 20.1 Å². The summed E-state index contributed by atoms with van der Waals surface area (Å²) in [4.78, 5) is 27.9. The highest BCUT2D eigenvalue weighted by molar-refractivity contribution is 6.06. The van der Waals surface area contributed by atoms with Crippen LogP contribution < -0.4 is 10.1 Å². The number of hydrogen-bond donors (Lipinski definition) is 1. The van der Waals surface area contributed by atoms with Gasteiger partial charge >= 0.3 is 6.03 Å². The van der Waals surface area contributed by atoms with Crippen molar-refractivity contribution < 1.29 is 14.3 Å². The zero-order valence-electron chi connectivity index (χ0n) is 17.8. The summed E-state index contributed by atoms with van der Waals surface area (Å²) in [5, 5.41) is 7.21. The summed E-state index contributed by atoms with van der Waals surface area (Å²) in [6.07, 6.45) is 5.09. The average Bonchev–Trinajstić information content (AvgIpc) is 3.29. The van der Waals surface area contributed by atoms with Crippen LogP contribution in [0.3, 0.4) is 0 Å². The molecule has 0 saturated carbocycles. The van der Waals surface area contributed by atoms with E-state index in [0.29, 0.717) is 19.4 Å². The van der Waals surface area contributed by atoms with Crippen molar-refractivity contribution >= 4 is 11.9 Å². The topological polar surface area (TPSA) is 79.7 Å². The Hall–Kier alpha value is -2.87. The quantitative estimate of drug-likeness (QED) is 0.738. The molecule has 2 saturated heterocycles. The molecule has 3 heterocycles. The van der Waals surface area contributed by atoms with Crippen LogP contribution in [0.1, 0.15) is 37.8 Å². The van der Waals surface area contributed by atoms with Crippen molar-refractivity contribution in [3.63, 3.8) is 0 Å². The van der Waals surface area contributed by atoms with Gasteiger partial charge in [-0.05, 0) is 50.5 Å². The zero-order chi connectivity index (χ0) is 21.3. The number of hydrogen-bond acceptors (Lipinski definition) is 5. The first-order valence-corrected chi connectivity index (χ1v) is 10.4. The summed E-state index contributed by atoms with van der Waals surface area (Å²) in [5.74, 6) is 0.771. The van der Waals surface area contributed by atoms with Gasteiger partial charge in [0.05, 0.1) is 12.6 Å². The maximum Gasteiger partial charge on any atom is 0.324 e. The molecule has 0 bridgehead atoms. The predicted octanol–water partition coefficient (Wildman–Crippen LogP) is 2.23. The van der Waals surface area contributed by atoms with Gasteiger partial charge in [-0.2, -0.15) is 5.10 Å². The normalized spacial score (nSPS) is 19.0. The van der Waals surface area contributed by atoms with E-state index in [2.05, 4.69) is 27.4 Å². The number of likely N-dealkylation sites (N-methyl/N-ethyl adjacent to an activating group) is 1. The molecule has 0 aliphatic carbocycles. The van der Waals surface area contributed by atoms with E-state index in [1.165, 1.54) is 10.5 Å². The first kappa shape index (κ1) is 20.4. The molecule has 0 atom stereocenters. The van der Waals surface area contributed by atoms with Crippen molar-refractivity contribution in [1.29, 1.82) is 0 Å². The lowest BCUT2D eigenvalue weighted by molar-refractivity contribution is -0.132. The monoisotopic (exact) mass is 411 g/mol. The van der Waals surface area contributed by atoms with Crippen LogP contribution in [-0.2, 0) is 17.9 Å². The Morgan fingerprint density at radius 1 is 1.20 bits per heavy atom. The van der Waals surface area contributed by atoms with E-state index >= 15 is 0 Å². The first-order valence-electron chi connectivity index (χ1n) is 10.4. The van der Waals surface area contributed by atoms with Crippen LogP contribution in [0.5, 0.6) is 5.75 Å². The Labute approximate surface area is 176 Å². The van der Waals surface area contributed by atoms with Crippen LogP contribution in [0.25, 0.3) is 0 Å². The highest BCUT2D eigenvalue weighted by Crippen LogP contribution is 2.30. The van der Waals surface area contributed by atoms with Crippen LogP contribution in [0.2, 0.25) is 0 Å². The Bertz CT molecular complexity index is 917. The Balaban J connectivity index is 1.45. The fourth-order valence-electron chi connectivity index (χ4n) is 4.24. The minimum atomic E-state index is -0.720. The second kappa shape index (κ2) is 8.10. The van der Waals surface area contributed by atoms with E-state index < -0.39 is 5.54 Å². The number of nitrogens with one attached hydrogen (secondary N) is 1. The summed E-state index contributed by atoms with van der Waals surface area (Å²) in [6, 6.07) is 7.94. The number of likely N-dealkylation sites (tertiary alicyclic amines) is 1. The van der Waals surface area contributed by atoms with Gasteiger partial charge < -0.3 is 10.1 Å². The molecule has 0 unspecified atom stereocenters. The fourth-order valence-corrected chi connectivity index (χ4v) is 4.24. The number of imide groups is 1. The molecule has 4 rings (SSSR count). The largest absolute Gasteiger partial charge is 0.491 e. The van der Waals surface area contributed by atoms with E-state index in [0.717, 1.165) is 30.9 Å². The third-order valence-corrected chi connectivity index (χ3v) is 5.86. The third kappa shape index (κ3) is 4.05. The summed E-state index contributed by atoms with van der Waals surface area (Å²) in [5.41, 5.74) is 1.57. The molecule has 0 radical (unpaired) electrons. The standard InChI is InChI=1S/C22H29N5O3/c1-16(2)30-19-6-5-17(13-18(19)15-27-10-4-9-23-27)14-26-11-7-22(8-12-26)20(28)25(3)21(29)24-22/h4-6,9-10,13,16H,7-8,11-12,14-15H2,1-3H3,(H,24,29). The Morgan fingerprint density at radius 3 is 2.57 bits per heavy atom. The number of amides is 3. The molecule has 2 aliphatic heterocycles. The van der Waals surface area contributed by atoms with E-state index in [9.17, 15) is 9.59 Å². The molecule has 1 N–H and O–H groups in total. The maximum atomic E-state index is 12.5. The molecule has 8 heteroatoms. The lowest BCUT2D eigenvalue weighted by Crippen LogP contribution is -2.54. The van der Waals surface area contributed by atoms with Gasteiger partial charge in [0.15, 0.2) is 0 Å². The number of nitrogens with zero attached hydrogens (tertiary/aromatic N) is 4. The van der Waals surface area contributed by atoms with Crippen molar-refractivity contribution in [2.24, 2.45) is 0 Å². The fraction of sp³-hybridized carbons (Fsp3) is 0.500. The van der Waals surface area contributed by atoms with Crippen molar-refractivity contribution in [3.05, 3.63) is 47.8 Å². The lowest BCUT2D eigenvalue weighted by Gasteiger charge is -2.37. The molecule has 1 aromatic carbocycles.